The molecule has 0 bridgehead atoms. The van der Waals surface area contributed by atoms with Gasteiger partial charge in [0.1, 0.15) is 5.75 Å². The Bertz CT molecular complexity index is 1040. The minimum Gasteiger partial charge on any atom is -0.495 e. The molecule has 8 nitrogen and oxygen atoms in total. The monoisotopic (exact) mass is 569 g/mol. The molecule has 1 heterocycles. The number of methoxy groups -OCH3 is 1. The second kappa shape index (κ2) is 11.8. The van der Waals surface area contributed by atoms with Crippen molar-refractivity contribution in [3.05, 3.63) is 62.5 Å². The molecule has 0 aliphatic carbocycles. The Kier molecular flexibility index (Phi) is 9.47. The molecular formula is C20H22Br2ClN7O. The maximum Gasteiger partial charge on any atom is 0.250 e. The number of nitrogens with one attached hydrogen (secondary N) is 2. The summed E-state index contributed by atoms with van der Waals surface area (Å²) in [6.45, 7) is 0.601. The lowest BCUT2D eigenvalue weighted by Crippen LogP contribution is -2.16. The summed E-state index contributed by atoms with van der Waals surface area (Å²) < 4.78 is 7.16. The summed E-state index contributed by atoms with van der Waals surface area (Å²) in [5.74, 6) is 1.98. The predicted molar refractivity (Wildman–Crippen MR) is 135 cm³/mol. The third kappa shape index (κ3) is 7.05. The summed E-state index contributed by atoms with van der Waals surface area (Å²) in [4.78, 5) is 15.0. The third-order valence-corrected chi connectivity index (χ3v) is 4.97. The van der Waals surface area contributed by atoms with Crippen molar-refractivity contribution in [2.45, 2.75) is 6.54 Å². The van der Waals surface area contributed by atoms with Crippen LogP contribution in [0, 0.1) is 0 Å². The molecule has 0 aliphatic rings. The number of nitrogens with zero attached hydrogens (tertiary/aromatic N) is 5. The zero-order valence-corrected chi connectivity index (χ0v) is 21.1. The van der Waals surface area contributed by atoms with Gasteiger partial charge in [-0.2, -0.15) is 20.1 Å². The van der Waals surface area contributed by atoms with Gasteiger partial charge in [-0.1, -0.05) is 46.3 Å². The highest BCUT2D eigenvalue weighted by Gasteiger charge is 2.09. The number of hydrazone groups is 1. The van der Waals surface area contributed by atoms with E-state index in [1.807, 2.05) is 56.6 Å². The maximum absolute atomic E-state index is 5.43. The summed E-state index contributed by atoms with van der Waals surface area (Å²) >= 11 is 6.95. The van der Waals surface area contributed by atoms with E-state index >= 15 is 0 Å². The van der Waals surface area contributed by atoms with E-state index in [1.54, 1.807) is 18.2 Å². The van der Waals surface area contributed by atoms with Gasteiger partial charge >= 0.3 is 0 Å². The molecule has 0 amide bonds. The Morgan fingerprint density at radius 3 is 2.45 bits per heavy atom. The van der Waals surface area contributed by atoms with Crippen molar-refractivity contribution in [3.8, 4) is 5.75 Å². The molecule has 3 rings (SSSR count). The average Bonchev–Trinajstić information content (AvgIpc) is 2.72. The first-order valence-corrected chi connectivity index (χ1v) is 10.6. The Balaban J connectivity index is 0.00000341. The van der Waals surface area contributed by atoms with Crippen LogP contribution in [0.2, 0.25) is 0 Å². The van der Waals surface area contributed by atoms with Gasteiger partial charge in [-0.05, 0) is 33.6 Å². The van der Waals surface area contributed by atoms with Crippen LogP contribution in [0.5, 0.6) is 5.75 Å². The lowest BCUT2D eigenvalue weighted by molar-refractivity contribution is 0.411. The summed E-state index contributed by atoms with van der Waals surface area (Å²) in [6.07, 6.45) is 1.64. The van der Waals surface area contributed by atoms with Crippen molar-refractivity contribution < 1.29 is 4.74 Å². The van der Waals surface area contributed by atoms with Gasteiger partial charge in [0, 0.05) is 30.7 Å². The third-order valence-electron chi connectivity index (χ3n) is 3.93. The van der Waals surface area contributed by atoms with Crippen molar-refractivity contribution in [3.63, 3.8) is 0 Å². The van der Waals surface area contributed by atoms with Gasteiger partial charge in [-0.15, -0.1) is 12.4 Å². The van der Waals surface area contributed by atoms with Crippen LogP contribution in [-0.4, -0.2) is 42.4 Å². The van der Waals surface area contributed by atoms with Crippen molar-refractivity contribution in [1.29, 1.82) is 0 Å². The van der Waals surface area contributed by atoms with E-state index in [9.17, 15) is 0 Å². The Morgan fingerprint density at radius 2 is 1.77 bits per heavy atom. The maximum atomic E-state index is 5.43. The van der Waals surface area contributed by atoms with Crippen molar-refractivity contribution in [2.24, 2.45) is 5.10 Å². The molecular weight excluding hydrogens is 550 g/mol. The molecule has 0 atom stereocenters. The van der Waals surface area contributed by atoms with Gasteiger partial charge in [-0.3, -0.25) is 0 Å². The lowest BCUT2D eigenvalue weighted by Gasteiger charge is -2.13. The summed E-state index contributed by atoms with van der Waals surface area (Å²) in [7, 11) is 5.35. The van der Waals surface area contributed by atoms with Gasteiger partial charge in [-0.25, -0.2) is 5.43 Å². The van der Waals surface area contributed by atoms with E-state index in [0.29, 0.717) is 30.1 Å². The second-order valence-electron chi connectivity index (χ2n) is 6.40. The molecule has 2 N–H and O–H groups in total. The second-order valence-corrected chi connectivity index (χ2v) is 8.17. The number of halogens is 3. The summed E-state index contributed by atoms with van der Waals surface area (Å²) in [5.41, 5.74) is 4.79. The predicted octanol–water partition coefficient (Wildman–Crippen LogP) is 4.95. The van der Waals surface area contributed by atoms with E-state index in [2.05, 4.69) is 62.7 Å². The standard InChI is InChI=1S/C20H21Br2N7O.ClH/c1-29(2)20-26-18(23-11-13-7-5-4-6-8-13)25-19(27-20)28-24-12-14-9-15(21)10-16(22)17(14)30-3;/h4-10,12H,11H2,1-3H3,(H2,23,25,26,27,28);1H/b24-12+;. The number of ether oxygens (including phenoxy) is 1. The van der Waals surface area contributed by atoms with Crippen LogP contribution in [0.1, 0.15) is 11.1 Å². The fourth-order valence-electron chi connectivity index (χ4n) is 2.52. The molecule has 2 aromatic carbocycles. The summed E-state index contributed by atoms with van der Waals surface area (Å²) in [5, 5.41) is 7.49. The van der Waals surface area contributed by atoms with Crippen LogP contribution in [-0.2, 0) is 6.54 Å². The van der Waals surface area contributed by atoms with Crippen LogP contribution in [0.3, 0.4) is 0 Å². The number of benzene rings is 2. The first-order valence-electron chi connectivity index (χ1n) is 8.99. The van der Waals surface area contributed by atoms with Crippen LogP contribution in [0.25, 0.3) is 0 Å². The Morgan fingerprint density at radius 1 is 1.06 bits per heavy atom. The van der Waals surface area contributed by atoms with Crippen molar-refractivity contribution in [2.75, 3.05) is 36.8 Å². The Hall–Kier alpha value is -2.43. The minimum atomic E-state index is 0. The quantitative estimate of drug-likeness (QED) is 0.292. The van der Waals surface area contributed by atoms with Crippen LogP contribution in [0.4, 0.5) is 17.8 Å². The van der Waals surface area contributed by atoms with E-state index < -0.39 is 0 Å². The molecule has 11 heteroatoms. The van der Waals surface area contributed by atoms with Gasteiger partial charge in [0.15, 0.2) is 0 Å². The van der Waals surface area contributed by atoms with E-state index in [0.717, 1.165) is 20.1 Å². The van der Waals surface area contributed by atoms with Gasteiger partial charge < -0.3 is 15.0 Å². The van der Waals surface area contributed by atoms with Crippen molar-refractivity contribution in [1.82, 2.24) is 15.0 Å². The highest BCUT2D eigenvalue weighted by molar-refractivity contribution is 9.11. The number of anilines is 3. The first-order chi connectivity index (χ1) is 14.5. The molecule has 31 heavy (non-hydrogen) atoms. The zero-order chi connectivity index (χ0) is 21.5. The van der Waals surface area contributed by atoms with E-state index in [1.165, 1.54) is 0 Å². The largest absolute Gasteiger partial charge is 0.495 e. The molecule has 3 aromatic rings. The molecule has 0 spiro atoms. The molecule has 164 valence electrons. The SMILES string of the molecule is COc1c(Br)cc(Br)cc1/C=N/Nc1nc(NCc2ccccc2)nc(N(C)C)n1.Cl. The fourth-order valence-corrected chi connectivity index (χ4v) is 3.94. The van der Waals surface area contributed by atoms with Crippen LogP contribution < -0.4 is 20.4 Å². The van der Waals surface area contributed by atoms with Crippen LogP contribution >= 0.6 is 44.3 Å². The van der Waals surface area contributed by atoms with Gasteiger partial charge in [0.05, 0.1) is 17.8 Å². The van der Waals surface area contributed by atoms with Crippen LogP contribution in [0.15, 0.2) is 56.5 Å². The topological polar surface area (TPSA) is 87.6 Å². The number of rotatable bonds is 8. The lowest BCUT2D eigenvalue weighted by atomic mass is 10.2. The molecule has 0 unspecified atom stereocenters. The summed E-state index contributed by atoms with van der Waals surface area (Å²) in [6, 6.07) is 13.8. The first kappa shape index (κ1) is 24.8. The minimum absolute atomic E-state index is 0. The molecule has 0 fully saturated rings. The number of hydrogen-bond donors (Lipinski definition) is 2. The zero-order valence-electron chi connectivity index (χ0n) is 17.1. The molecule has 1 aromatic heterocycles. The normalized spacial score (nSPS) is 10.5. The van der Waals surface area contributed by atoms with E-state index in [-0.39, 0.29) is 12.4 Å². The Labute approximate surface area is 204 Å². The number of hydrogen-bond acceptors (Lipinski definition) is 8. The van der Waals surface area contributed by atoms with Gasteiger partial charge in [0.25, 0.3) is 0 Å². The molecule has 0 aliphatic heterocycles. The average molecular weight is 572 g/mol. The smallest absolute Gasteiger partial charge is 0.250 e. The highest BCUT2D eigenvalue weighted by Crippen LogP contribution is 2.31. The molecule has 0 saturated carbocycles. The molecule has 0 radical (unpaired) electrons. The van der Waals surface area contributed by atoms with E-state index in [4.69, 9.17) is 4.74 Å². The fraction of sp³-hybridized carbons (Fsp3) is 0.200. The highest BCUT2D eigenvalue weighted by atomic mass is 79.9. The molecule has 0 saturated heterocycles. The van der Waals surface area contributed by atoms with Crippen molar-refractivity contribution >= 4 is 68.3 Å². The van der Waals surface area contributed by atoms with Gasteiger partial charge in [0.2, 0.25) is 17.8 Å². The number of aromatic nitrogens is 3.